The Bertz CT molecular complexity index is 1260. The maximum atomic E-state index is 13.3. The van der Waals surface area contributed by atoms with Gasteiger partial charge in [-0.2, -0.15) is 23.5 Å². The SMILES string of the molecule is CNC(=O)c1cc(C#N)cc(C)c1NC(=O)c1cc(C(F)(F)F)nn1-c1ncccc1C. The summed E-state index contributed by atoms with van der Waals surface area (Å²) in [5, 5.41) is 17.6. The summed E-state index contributed by atoms with van der Waals surface area (Å²) < 4.78 is 40.8. The number of anilines is 1. The Balaban J connectivity index is 2.14. The fourth-order valence-electron chi connectivity index (χ4n) is 3.05. The lowest BCUT2D eigenvalue weighted by Crippen LogP contribution is -2.24. The van der Waals surface area contributed by atoms with Crippen LogP contribution in [-0.4, -0.2) is 33.6 Å². The topological polar surface area (TPSA) is 113 Å². The molecule has 0 aliphatic carbocycles. The maximum Gasteiger partial charge on any atom is 0.435 e. The van der Waals surface area contributed by atoms with Crippen molar-refractivity contribution < 1.29 is 22.8 Å². The van der Waals surface area contributed by atoms with Crippen LogP contribution < -0.4 is 10.6 Å². The van der Waals surface area contributed by atoms with Crippen LogP contribution >= 0.6 is 0 Å². The minimum Gasteiger partial charge on any atom is -0.355 e. The zero-order valence-corrected chi connectivity index (χ0v) is 17.2. The molecule has 2 heterocycles. The zero-order valence-electron chi connectivity index (χ0n) is 17.2. The molecule has 0 saturated carbocycles. The highest BCUT2D eigenvalue weighted by molar-refractivity contribution is 6.09. The molecule has 0 fully saturated rings. The van der Waals surface area contributed by atoms with Gasteiger partial charge in [0.15, 0.2) is 11.5 Å². The molecule has 8 nitrogen and oxygen atoms in total. The summed E-state index contributed by atoms with van der Waals surface area (Å²) in [6, 6.07) is 8.48. The third-order valence-electron chi connectivity index (χ3n) is 4.59. The van der Waals surface area contributed by atoms with E-state index in [-0.39, 0.29) is 22.6 Å². The van der Waals surface area contributed by atoms with Crippen molar-refractivity contribution in [3.63, 3.8) is 0 Å². The van der Waals surface area contributed by atoms with E-state index in [2.05, 4.69) is 20.7 Å². The number of pyridine rings is 1. The molecule has 164 valence electrons. The lowest BCUT2D eigenvalue weighted by atomic mass is 10.0. The van der Waals surface area contributed by atoms with E-state index in [9.17, 15) is 22.8 Å². The Labute approximate surface area is 180 Å². The van der Waals surface area contributed by atoms with Crippen LogP contribution in [0.3, 0.4) is 0 Å². The van der Waals surface area contributed by atoms with Crippen molar-refractivity contribution >= 4 is 17.5 Å². The number of nitrogens with zero attached hydrogens (tertiary/aromatic N) is 4. The summed E-state index contributed by atoms with van der Waals surface area (Å²) >= 11 is 0. The molecule has 0 atom stereocenters. The van der Waals surface area contributed by atoms with Crippen molar-refractivity contribution in [1.82, 2.24) is 20.1 Å². The van der Waals surface area contributed by atoms with Gasteiger partial charge >= 0.3 is 6.18 Å². The van der Waals surface area contributed by atoms with Crippen molar-refractivity contribution in [3.05, 3.63) is 70.2 Å². The van der Waals surface area contributed by atoms with E-state index in [4.69, 9.17) is 5.26 Å². The Hall–Kier alpha value is -4.20. The number of carbonyl (C=O) groups is 2. The standard InChI is InChI=1S/C21H17F3N6O2/c1-11-5-4-6-27-18(11)30-15(9-16(29-30)21(22,23)24)20(32)28-17-12(2)7-13(10-25)8-14(17)19(31)26-3/h4-9H,1-3H3,(H,26,31)(H,28,32). The number of nitrogens with one attached hydrogen (secondary N) is 2. The molecule has 0 radical (unpaired) electrons. The van der Waals surface area contributed by atoms with E-state index in [1.54, 1.807) is 26.0 Å². The number of hydrogen-bond donors (Lipinski definition) is 2. The first kappa shape index (κ1) is 22.5. The predicted molar refractivity (Wildman–Crippen MR) is 108 cm³/mol. The van der Waals surface area contributed by atoms with Crippen molar-refractivity contribution in [2.45, 2.75) is 20.0 Å². The Morgan fingerprint density at radius 1 is 1.12 bits per heavy atom. The average molecular weight is 442 g/mol. The highest BCUT2D eigenvalue weighted by Crippen LogP contribution is 2.30. The number of aromatic nitrogens is 3. The van der Waals surface area contributed by atoms with E-state index in [0.717, 1.165) is 4.68 Å². The highest BCUT2D eigenvalue weighted by Gasteiger charge is 2.36. The molecule has 1 aromatic carbocycles. The normalized spacial score (nSPS) is 11.0. The molecule has 32 heavy (non-hydrogen) atoms. The van der Waals surface area contributed by atoms with E-state index >= 15 is 0 Å². The monoisotopic (exact) mass is 442 g/mol. The summed E-state index contributed by atoms with van der Waals surface area (Å²) in [5.41, 5.74) is -0.568. The van der Waals surface area contributed by atoms with Crippen molar-refractivity contribution in [2.24, 2.45) is 0 Å². The summed E-state index contributed by atoms with van der Waals surface area (Å²) in [6.07, 6.45) is -3.42. The lowest BCUT2D eigenvalue weighted by Gasteiger charge is -2.14. The number of hydrogen-bond acceptors (Lipinski definition) is 5. The molecule has 0 aliphatic rings. The van der Waals surface area contributed by atoms with Gasteiger partial charge in [-0.05, 0) is 43.2 Å². The first-order valence-corrected chi connectivity index (χ1v) is 9.24. The van der Waals surface area contributed by atoms with E-state index in [1.807, 2.05) is 6.07 Å². The first-order chi connectivity index (χ1) is 15.1. The number of nitriles is 1. The van der Waals surface area contributed by atoms with E-state index in [0.29, 0.717) is 17.2 Å². The second-order valence-corrected chi connectivity index (χ2v) is 6.83. The molecule has 0 spiro atoms. The van der Waals surface area contributed by atoms with Crippen LogP contribution in [0, 0.1) is 25.2 Å². The smallest absolute Gasteiger partial charge is 0.355 e. The third kappa shape index (κ3) is 4.29. The Morgan fingerprint density at radius 2 is 1.84 bits per heavy atom. The quantitative estimate of drug-likeness (QED) is 0.643. The molecule has 0 unspecified atom stereocenters. The van der Waals surface area contributed by atoms with Gasteiger partial charge < -0.3 is 10.6 Å². The van der Waals surface area contributed by atoms with Gasteiger partial charge in [0.05, 0.1) is 22.9 Å². The molecule has 0 saturated heterocycles. The van der Waals surface area contributed by atoms with Gasteiger partial charge in [0.25, 0.3) is 11.8 Å². The van der Waals surface area contributed by atoms with Crippen LogP contribution in [0.2, 0.25) is 0 Å². The fourth-order valence-corrected chi connectivity index (χ4v) is 3.05. The minimum absolute atomic E-state index is 0.00599. The van der Waals surface area contributed by atoms with Gasteiger partial charge in [-0.1, -0.05) is 6.07 Å². The molecular weight excluding hydrogens is 425 g/mol. The highest BCUT2D eigenvalue weighted by atomic mass is 19.4. The predicted octanol–water partition coefficient (Wildman–Crippen LogP) is 3.39. The number of carbonyl (C=O) groups excluding carboxylic acids is 2. The van der Waals surface area contributed by atoms with Gasteiger partial charge in [-0.3, -0.25) is 9.59 Å². The Kier molecular flexibility index (Phi) is 5.98. The summed E-state index contributed by atoms with van der Waals surface area (Å²) in [7, 11) is 1.37. The summed E-state index contributed by atoms with van der Waals surface area (Å²) in [5.74, 6) is -1.46. The van der Waals surface area contributed by atoms with Crippen LogP contribution in [0.4, 0.5) is 18.9 Å². The van der Waals surface area contributed by atoms with Crippen LogP contribution in [-0.2, 0) is 6.18 Å². The molecular formula is C21H17F3N6O2. The second kappa shape index (κ2) is 8.50. The fraction of sp³-hybridized carbons (Fsp3) is 0.190. The van der Waals surface area contributed by atoms with Gasteiger partial charge in [-0.15, -0.1) is 0 Å². The molecule has 0 aliphatic heterocycles. The average Bonchev–Trinajstić information content (AvgIpc) is 3.20. The summed E-state index contributed by atoms with van der Waals surface area (Å²) in [4.78, 5) is 29.4. The molecule has 2 aromatic heterocycles. The van der Waals surface area contributed by atoms with Crippen LogP contribution in [0.25, 0.3) is 5.82 Å². The van der Waals surface area contributed by atoms with Gasteiger partial charge in [-0.25, -0.2) is 9.67 Å². The zero-order chi connectivity index (χ0) is 23.6. The number of halogens is 3. The van der Waals surface area contributed by atoms with E-state index in [1.165, 1.54) is 25.4 Å². The number of benzene rings is 1. The van der Waals surface area contributed by atoms with Crippen LogP contribution in [0.15, 0.2) is 36.5 Å². The minimum atomic E-state index is -4.79. The summed E-state index contributed by atoms with van der Waals surface area (Å²) in [6.45, 7) is 3.18. The largest absolute Gasteiger partial charge is 0.435 e. The number of amides is 2. The van der Waals surface area contributed by atoms with Gasteiger partial charge in [0, 0.05) is 19.3 Å². The van der Waals surface area contributed by atoms with E-state index < -0.39 is 29.4 Å². The molecule has 2 amide bonds. The van der Waals surface area contributed by atoms with Crippen molar-refractivity contribution in [3.8, 4) is 11.9 Å². The first-order valence-electron chi connectivity index (χ1n) is 9.24. The van der Waals surface area contributed by atoms with Gasteiger partial charge in [0.2, 0.25) is 0 Å². The third-order valence-corrected chi connectivity index (χ3v) is 4.59. The van der Waals surface area contributed by atoms with Crippen LogP contribution in [0.1, 0.15) is 43.2 Å². The van der Waals surface area contributed by atoms with Crippen LogP contribution in [0.5, 0.6) is 0 Å². The molecule has 2 N–H and O–H groups in total. The molecule has 3 aromatic rings. The van der Waals surface area contributed by atoms with Crippen molar-refractivity contribution in [1.29, 1.82) is 5.26 Å². The number of rotatable bonds is 4. The second-order valence-electron chi connectivity index (χ2n) is 6.83. The van der Waals surface area contributed by atoms with Gasteiger partial charge in [0.1, 0.15) is 5.69 Å². The number of alkyl halides is 3. The number of aryl methyl sites for hydroxylation is 2. The lowest BCUT2D eigenvalue weighted by molar-refractivity contribution is -0.141. The van der Waals surface area contributed by atoms with Crippen molar-refractivity contribution in [2.75, 3.05) is 12.4 Å². The maximum absolute atomic E-state index is 13.3. The molecule has 0 bridgehead atoms. The Morgan fingerprint density at radius 3 is 2.44 bits per heavy atom. The molecule has 3 rings (SSSR count). The molecule has 11 heteroatoms.